The van der Waals surface area contributed by atoms with Crippen molar-refractivity contribution in [1.29, 1.82) is 0 Å². The number of carbonyl (C=O) groups excluding carboxylic acids is 3. The minimum absolute atomic E-state index is 0.0199. The minimum atomic E-state index is -1.21. The lowest BCUT2D eigenvalue weighted by atomic mass is 10.0. The molecule has 0 saturated carbocycles. The van der Waals surface area contributed by atoms with Crippen molar-refractivity contribution in [2.75, 3.05) is 39.5 Å². The molecule has 0 aliphatic rings. The van der Waals surface area contributed by atoms with E-state index in [-0.39, 0.29) is 37.4 Å². The Morgan fingerprint density at radius 1 is 0.551 bits per heavy atom. The van der Waals surface area contributed by atoms with Gasteiger partial charge in [0.1, 0.15) is 18.1 Å². The summed E-state index contributed by atoms with van der Waals surface area (Å²) in [4.78, 5) is 56.6. The second kappa shape index (κ2) is 33.9. The minimum Gasteiger partial charge on any atom is -0.481 e. The molecule has 0 fully saturated rings. The van der Waals surface area contributed by atoms with E-state index in [0.717, 1.165) is 64.3 Å². The normalized spacial score (nSPS) is 12.4. The molecular weight excluding hydrogens is 634 g/mol. The maximum atomic E-state index is 11.9. The Morgan fingerprint density at radius 3 is 1.57 bits per heavy atom. The zero-order valence-corrected chi connectivity index (χ0v) is 30.2. The average molecular weight is 702 g/mol. The number of rotatable bonds is 37. The van der Waals surface area contributed by atoms with Gasteiger partial charge in [-0.1, -0.05) is 64.2 Å². The number of nitrogens with one attached hydrogen (secondary N) is 3. The molecule has 0 aliphatic heterocycles. The van der Waals surface area contributed by atoms with E-state index in [1.165, 1.54) is 51.9 Å². The molecule has 0 radical (unpaired) electrons. The Hall–Kier alpha value is -2.61. The van der Waals surface area contributed by atoms with Crippen LogP contribution in [0, 0.1) is 0 Å². The number of unbranched alkanes of at least 4 members (excludes halogenated alkanes) is 12. The van der Waals surface area contributed by atoms with Gasteiger partial charge in [-0.05, 0) is 64.8 Å². The molecule has 2 atom stereocenters. The molecule has 13 nitrogen and oxygen atoms in total. The monoisotopic (exact) mass is 701 g/mol. The lowest BCUT2D eigenvalue weighted by Crippen LogP contribution is -2.41. The van der Waals surface area contributed by atoms with E-state index in [4.69, 9.17) is 19.7 Å². The first-order chi connectivity index (χ1) is 23.6. The average Bonchev–Trinajstić information content (AvgIpc) is 3.05. The number of ether oxygens (including phenoxy) is 2. The smallest absolute Gasteiger partial charge is 0.326 e. The van der Waals surface area contributed by atoms with Crippen LogP contribution >= 0.6 is 0 Å². The number of amides is 2. The first kappa shape index (κ1) is 46.4. The standard InChI is InChI=1S/C36H67N3O10/c1-30(40)20-21-31(36(46)47)39-34(43)23-22-33(42)38-25-17-29-49-27-15-14-26-48-28-16-24-37-32(41)18-12-10-8-6-4-2-3-5-7-9-11-13-19-35(44)45/h31-32,37,41H,2-29H2,1H3,(H,38,42)(H,39,43)(H,44,45)(H,46,47). The lowest BCUT2D eigenvalue weighted by molar-refractivity contribution is -0.142. The summed E-state index contributed by atoms with van der Waals surface area (Å²) >= 11 is 0. The quantitative estimate of drug-likeness (QED) is 0.0381. The van der Waals surface area contributed by atoms with Crippen LogP contribution in [0.15, 0.2) is 0 Å². The predicted octanol–water partition coefficient (Wildman–Crippen LogP) is 4.87. The van der Waals surface area contributed by atoms with Crippen LogP contribution in [-0.2, 0) is 33.4 Å². The van der Waals surface area contributed by atoms with Gasteiger partial charge in [0.15, 0.2) is 0 Å². The van der Waals surface area contributed by atoms with E-state index >= 15 is 0 Å². The number of carboxylic acid groups (broad SMARTS) is 2. The van der Waals surface area contributed by atoms with Gasteiger partial charge in [0.25, 0.3) is 0 Å². The molecule has 0 aromatic rings. The molecule has 0 aromatic heterocycles. The summed E-state index contributed by atoms with van der Waals surface area (Å²) in [6.45, 7) is 4.93. The van der Waals surface area contributed by atoms with Crippen molar-refractivity contribution in [1.82, 2.24) is 16.0 Å². The zero-order valence-electron chi connectivity index (χ0n) is 30.2. The van der Waals surface area contributed by atoms with Crippen molar-refractivity contribution in [3.63, 3.8) is 0 Å². The van der Waals surface area contributed by atoms with Crippen molar-refractivity contribution in [3.8, 4) is 0 Å². The topological polar surface area (TPSA) is 201 Å². The van der Waals surface area contributed by atoms with E-state index in [1.54, 1.807) is 0 Å². The van der Waals surface area contributed by atoms with Crippen LogP contribution in [0.1, 0.15) is 148 Å². The molecule has 0 spiro atoms. The van der Waals surface area contributed by atoms with Crippen LogP contribution in [0.3, 0.4) is 0 Å². The van der Waals surface area contributed by atoms with Gasteiger partial charge >= 0.3 is 11.9 Å². The Bertz CT molecular complexity index is 874. The second-order valence-electron chi connectivity index (χ2n) is 12.8. The third kappa shape index (κ3) is 35.0. The molecule has 6 N–H and O–H groups in total. The Kier molecular flexibility index (Phi) is 32.1. The highest BCUT2D eigenvalue weighted by molar-refractivity contribution is 5.87. The van der Waals surface area contributed by atoms with Crippen molar-refractivity contribution in [3.05, 3.63) is 0 Å². The number of ketones is 1. The number of hydrogen-bond donors (Lipinski definition) is 6. The molecule has 0 saturated heterocycles. The number of aliphatic hydroxyl groups is 1. The summed E-state index contributed by atoms with van der Waals surface area (Å²) in [5.74, 6) is -2.89. The molecule has 286 valence electrons. The summed E-state index contributed by atoms with van der Waals surface area (Å²) in [6, 6.07) is -1.14. The van der Waals surface area contributed by atoms with Gasteiger partial charge in [-0.25, -0.2) is 4.79 Å². The summed E-state index contributed by atoms with van der Waals surface area (Å²) in [7, 11) is 0. The molecule has 2 unspecified atom stereocenters. The van der Waals surface area contributed by atoms with Gasteiger partial charge in [-0.3, -0.25) is 19.7 Å². The van der Waals surface area contributed by atoms with Crippen LogP contribution < -0.4 is 16.0 Å². The number of carboxylic acids is 2. The molecule has 13 heteroatoms. The molecule has 0 rings (SSSR count). The van der Waals surface area contributed by atoms with Crippen LogP contribution in [0.25, 0.3) is 0 Å². The van der Waals surface area contributed by atoms with Gasteiger partial charge in [-0.2, -0.15) is 0 Å². The summed E-state index contributed by atoms with van der Waals surface area (Å²) in [5.41, 5.74) is 0. The zero-order chi connectivity index (χ0) is 36.4. The van der Waals surface area contributed by atoms with Crippen molar-refractivity contribution >= 4 is 29.5 Å². The van der Waals surface area contributed by atoms with Gasteiger partial charge in [0.2, 0.25) is 11.8 Å². The maximum absolute atomic E-state index is 11.9. The third-order valence-corrected chi connectivity index (χ3v) is 8.08. The number of carbonyl (C=O) groups is 5. The number of hydrogen-bond acceptors (Lipinski definition) is 9. The predicted molar refractivity (Wildman–Crippen MR) is 188 cm³/mol. The Morgan fingerprint density at radius 2 is 1.04 bits per heavy atom. The molecule has 49 heavy (non-hydrogen) atoms. The van der Waals surface area contributed by atoms with E-state index in [9.17, 15) is 29.1 Å². The van der Waals surface area contributed by atoms with E-state index in [2.05, 4.69) is 16.0 Å². The van der Waals surface area contributed by atoms with E-state index in [1.807, 2.05) is 0 Å². The summed E-state index contributed by atoms with van der Waals surface area (Å²) < 4.78 is 11.2. The largest absolute Gasteiger partial charge is 0.481 e. The highest BCUT2D eigenvalue weighted by Gasteiger charge is 2.20. The van der Waals surface area contributed by atoms with Crippen molar-refractivity contribution < 1.29 is 48.8 Å². The lowest BCUT2D eigenvalue weighted by Gasteiger charge is -2.13. The fraction of sp³-hybridized carbons (Fsp3) is 0.861. The van der Waals surface area contributed by atoms with Gasteiger partial charge in [0.05, 0.1) is 0 Å². The number of aliphatic carboxylic acids is 2. The number of aliphatic hydroxyl groups excluding tert-OH is 1. The highest BCUT2D eigenvalue weighted by atomic mass is 16.5. The van der Waals surface area contributed by atoms with Crippen LogP contribution in [-0.4, -0.2) is 96.6 Å². The fourth-order valence-corrected chi connectivity index (χ4v) is 5.13. The first-order valence-corrected chi connectivity index (χ1v) is 18.7. The van der Waals surface area contributed by atoms with Crippen molar-refractivity contribution in [2.45, 2.75) is 160 Å². The van der Waals surface area contributed by atoms with Crippen molar-refractivity contribution in [2.24, 2.45) is 0 Å². The van der Waals surface area contributed by atoms with Crippen LogP contribution in [0.2, 0.25) is 0 Å². The molecule has 0 aromatic carbocycles. The fourth-order valence-electron chi connectivity index (χ4n) is 5.13. The van der Waals surface area contributed by atoms with E-state index in [0.29, 0.717) is 45.8 Å². The third-order valence-electron chi connectivity index (χ3n) is 8.08. The van der Waals surface area contributed by atoms with Gasteiger partial charge < -0.3 is 40.2 Å². The molecular formula is C36H67N3O10. The SMILES string of the molecule is CC(=O)CCC(NC(=O)CCC(=O)NCCCOCCCCOCCCNC(O)CCCCCCCCCCCCCCC(=O)O)C(=O)O. The number of Topliss-reactive ketones (excluding diaryl/α,β-unsaturated/α-hetero) is 1. The molecule has 0 heterocycles. The van der Waals surface area contributed by atoms with Crippen LogP contribution in [0.4, 0.5) is 0 Å². The maximum Gasteiger partial charge on any atom is 0.326 e. The Labute approximate surface area is 294 Å². The Balaban J connectivity index is 3.41. The van der Waals surface area contributed by atoms with Crippen LogP contribution in [0.5, 0.6) is 0 Å². The molecule has 0 aliphatic carbocycles. The summed E-state index contributed by atoms with van der Waals surface area (Å²) in [5, 5.41) is 36.1. The highest BCUT2D eigenvalue weighted by Crippen LogP contribution is 2.13. The first-order valence-electron chi connectivity index (χ1n) is 18.7. The van der Waals surface area contributed by atoms with Gasteiger partial charge in [-0.15, -0.1) is 0 Å². The van der Waals surface area contributed by atoms with Gasteiger partial charge in [0, 0.05) is 58.7 Å². The second-order valence-corrected chi connectivity index (χ2v) is 12.8. The molecule has 0 bridgehead atoms. The molecule has 2 amide bonds. The summed E-state index contributed by atoms with van der Waals surface area (Å²) in [6.07, 6.45) is 17.7. The van der Waals surface area contributed by atoms with E-state index < -0.39 is 30.1 Å².